The molecule has 27 heavy (non-hydrogen) atoms. The van der Waals surface area contributed by atoms with Crippen LogP contribution in [-0.4, -0.2) is 44.3 Å². The number of aryl methyl sites for hydroxylation is 2. The lowest BCUT2D eigenvalue weighted by atomic mass is 10.1. The van der Waals surface area contributed by atoms with Crippen molar-refractivity contribution >= 4 is 5.91 Å². The smallest absolute Gasteiger partial charge is 0.253 e. The number of aromatic nitrogens is 3. The Morgan fingerprint density at radius 1 is 1.19 bits per heavy atom. The second-order valence-electron chi connectivity index (χ2n) is 6.63. The highest BCUT2D eigenvalue weighted by Crippen LogP contribution is 2.20. The van der Waals surface area contributed by atoms with Gasteiger partial charge in [0.2, 0.25) is 0 Å². The molecule has 1 aromatic heterocycles. The number of hydrogen-bond acceptors (Lipinski definition) is 4. The van der Waals surface area contributed by atoms with Crippen molar-refractivity contribution in [3.8, 4) is 11.4 Å². The first-order chi connectivity index (χ1) is 13.0. The summed E-state index contributed by atoms with van der Waals surface area (Å²) < 4.78 is 1.71. The molecule has 0 aliphatic rings. The Hall–Kier alpha value is -2.99. The standard InChI is InChI=1S/C21H24N4O2/c1-15-22-20(25(3)23-15)17-10-7-11-18(14-17)21(27)24(2)13-12-19(26)16-8-5-4-6-9-16/h4-11,14,19,26H,12-13H2,1-3H3/t19-/m0/s1. The Balaban J connectivity index is 1.68. The maximum absolute atomic E-state index is 12.8. The first kappa shape index (κ1) is 18.8. The van der Waals surface area contributed by atoms with Crippen LogP contribution in [0.25, 0.3) is 11.4 Å². The van der Waals surface area contributed by atoms with Gasteiger partial charge in [-0.05, 0) is 31.0 Å². The van der Waals surface area contributed by atoms with Crippen LogP contribution in [0.3, 0.4) is 0 Å². The molecule has 0 spiro atoms. The van der Waals surface area contributed by atoms with Gasteiger partial charge in [-0.25, -0.2) is 9.67 Å². The van der Waals surface area contributed by atoms with Crippen LogP contribution in [0.1, 0.15) is 34.3 Å². The third-order valence-electron chi connectivity index (χ3n) is 4.51. The van der Waals surface area contributed by atoms with Crippen molar-refractivity contribution < 1.29 is 9.90 Å². The van der Waals surface area contributed by atoms with E-state index in [0.29, 0.717) is 24.4 Å². The van der Waals surface area contributed by atoms with Crippen LogP contribution in [0.5, 0.6) is 0 Å². The molecular formula is C21H24N4O2. The lowest BCUT2D eigenvalue weighted by Gasteiger charge is -2.20. The van der Waals surface area contributed by atoms with Gasteiger partial charge in [0.25, 0.3) is 5.91 Å². The molecule has 0 unspecified atom stereocenters. The van der Waals surface area contributed by atoms with Gasteiger partial charge in [-0.3, -0.25) is 4.79 Å². The monoisotopic (exact) mass is 364 g/mol. The first-order valence-corrected chi connectivity index (χ1v) is 8.92. The van der Waals surface area contributed by atoms with Crippen molar-refractivity contribution in [1.29, 1.82) is 0 Å². The number of amides is 1. The fourth-order valence-corrected chi connectivity index (χ4v) is 3.03. The van der Waals surface area contributed by atoms with E-state index in [4.69, 9.17) is 0 Å². The summed E-state index contributed by atoms with van der Waals surface area (Å²) in [5.41, 5.74) is 2.30. The quantitative estimate of drug-likeness (QED) is 0.730. The predicted octanol–water partition coefficient (Wildman–Crippen LogP) is 2.99. The summed E-state index contributed by atoms with van der Waals surface area (Å²) in [5, 5.41) is 14.5. The highest BCUT2D eigenvalue weighted by atomic mass is 16.3. The van der Waals surface area contributed by atoms with Gasteiger partial charge in [0.1, 0.15) is 5.82 Å². The third-order valence-corrected chi connectivity index (χ3v) is 4.51. The second-order valence-corrected chi connectivity index (χ2v) is 6.63. The minimum atomic E-state index is -0.589. The molecule has 1 atom stereocenters. The van der Waals surface area contributed by atoms with Crippen molar-refractivity contribution in [3.63, 3.8) is 0 Å². The molecular weight excluding hydrogens is 340 g/mol. The summed E-state index contributed by atoms with van der Waals surface area (Å²) in [5.74, 6) is 1.33. The SMILES string of the molecule is Cc1nc(-c2cccc(C(=O)N(C)CC[C@H](O)c3ccccc3)c2)n(C)n1. The van der Waals surface area contributed by atoms with Crippen LogP contribution in [0.4, 0.5) is 0 Å². The number of carbonyl (C=O) groups is 1. The Kier molecular flexibility index (Phi) is 5.66. The van der Waals surface area contributed by atoms with Crippen molar-refractivity contribution in [1.82, 2.24) is 19.7 Å². The number of benzene rings is 2. The molecule has 3 rings (SSSR count). The minimum absolute atomic E-state index is 0.0870. The maximum Gasteiger partial charge on any atom is 0.253 e. The Labute approximate surface area is 159 Å². The minimum Gasteiger partial charge on any atom is -0.388 e. The number of rotatable bonds is 6. The molecule has 0 bridgehead atoms. The highest BCUT2D eigenvalue weighted by Gasteiger charge is 2.16. The molecule has 0 aliphatic carbocycles. The Morgan fingerprint density at radius 3 is 2.59 bits per heavy atom. The zero-order chi connectivity index (χ0) is 19.4. The van der Waals surface area contributed by atoms with E-state index in [0.717, 1.165) is 17.0 Å². The molecule has 1 amide bonds. The molecule has 1 N–H and O–H groups in total. The lowest BCUT2D eigenvalue weighted by Crippen LogP contribution is -2.28. The van der Waals surface area contributed by atoms with Gasteiger partial charge in [0.05, 0.1) is 6.10 Å². The average Bonchev–Trinajstić information content (AvgIpc) is 3.04. The van der Waals surface area contributed by atoms with Gasteiger partial charge < -0.3 is 10.0 Å². The first-order valence-electron chi connectivity index (χ1n) is 8.92. The van der Waals surface area contributed by atoms with Crippen molar-refractivity contribution in [2.24, 2.45) is 7.05 Å². The molecule has 6 heteroatoms. The van der Waals surface area contributed by atoms with Gasteiger partial charge in [0.15, 0.2) is 5.82 Å². The molecule has 140 valence electrons. The normalized spacial score (nSPS) is 12.0. The van der Waals surface area contributed by atoms with E-state index >= 15 is 0 Å². The molecule has 6 nitrogen and oxygen atoms in total. The summed E-state index contributed by atoms with van der Waals surface area (Å²) in [4.78, 5) is 18.8. The zero-order valence-corrected chi connectivity index (χ0v) is 15.8. The number of nitrogens with zero attached hydrogens (tertiary/aromatic N) is 4. The van der Waals surface area contributed by atoms with Gasteiger partial charge >= 0.3 is 0 Å². The summed E-state index contributed by atoms with van der Waals surface area (Å²) in [6, 6.07) is 16.9. The molecule has 3 aromatic rings. The van der Waals surface area contributed by atoms with Crippen molar-refractivity contribution in [3.05, 3.63) is 71.5 Å². The largest absolute Gasteiger partial charge is 0.388 e. The van der Waals surface area contributed by atoms with Crippen molar-refractivity contribution in [2.75, 3.05) is 13.6 Å². The third kappa shape index (κ3) is 4.41. The number of hydrogen-bond donors (Lipinski definition) is 1. The molecule has 0 saturated heterocycles. The van der Waals surface area contributed by atoms with Crippen LogP contribution in [-0.2, 0) is 7.05 Å². The summed E-state index contributed by atoms with van der Waals surface area (Å²) in [6.07, 6.45) is -0.108. The van der Waals surface area contributed by atoms with E-state index in [1.165, 1.54) is 0 Å². The highest BCUT2D eigenvalue weighted by molar-refractivity contribution is 5.95. The van der Waals surface area contributed by atoms with Gasteiger partial charge in [-0.15, -0.1) is 0 Å². The molecule has 0 fully saturated rings. The van der Waals surface area contributed by atoms with Crippen molar-refractivity contribution in [2.45, 2.75) is 19.4 Å². The molecule has 0 saturated carbocycles. The zero-order valence-electron chi connectivity index (χ0n) is 15.8. The maximum atomic E-state index is 12.8. The second kappa shape index (κ2) is 8.14. The number of aliphatic hydroxyl groups is 1. The topological polar surface area (TPSA) is 71.2 Å². The van der Waals surface area contributed by atoms with Crippen LogP contribution < -0.4 is 0 Å². The van der Waals surface area contributed by atoms with Gasteiger partial charge in [0, 0.05) is 31.8 Å². The Morgan fingerprint density at radius 2 is 1.93 bits per heavy atom. The number of aliphatic hydroxyl groups excluding tert-OH is 1. The average molecular weight is 364 g/mol. The summed E-state index contributed by atoms with van der Waals surface area (Å²) >= 11 is 0. The van der Waals surface area contributed by atoms with Gasteiger partial charge in [-0.2, -0.15) is 5.10 Å². The van der Waals surface area contributed by atoms with E-state index in [2.05, 4.69) is 10.1 Å². The van der Waals surface area contributed by atoms with E-state index in [9.17, 15) is 9.90 Å². The van der Waals surface area contributed by atoms with E-state index < -0.39 is 6.10 Å². The molecule has 2 aromatic carbocycles. The fourth-order valence-electron chi connectivity index (χ4n) is 3.03. The molecule has 1 heterocycles. The van der Waals surface area contributed by atoms with Crippen LogP contribution in [0, 0.1) is 6.92 Å². The van der Waals surface area contributed by atoms with E-state index in [1.807, 2.05) is 62.5 Å². The van der Waals surface area contributed by atoms with Crippen LogP contribution >= 0.6 is 0 Å². The van der Waals surface area contributed by atoms with Crippen LogP contribution in [0.2, 0.25) is 0 Å². The predicted molar refractivity (Wildman–Crippen MR) is 104 cm³/mol. The van der Waals surface area contributed by atoms with Gasteiger partial charge in [-0.1, -0.05) is 42.5 Å². The number of carbonyl (C=O) groups excluding carboxylic acids is 1. The summed E-state index contributed by atoms with van der Waals surface area (Å²) in [6.45, 7) is 2.30. The fraction of sp³-hybridized carbons (Fsp3) is 0.286. The Bertz CT molecular complexity index is 921. The van der Waals surface area contributed by atoms with E-state index in [-0.39, 0.29) is 5.91 Å². The molecule has 0 aliphatic heterocycles. The lowest BCUT2D eigenvalue weighted by molar-refractivity contribution is 0.0761. The van der Waals surface area contributed by atoms with E-state index in [1.54, 1.807) is 22.7 Å². The molecule has 0 radical (unpaired) electrons. The van der Waals surface area contributed by atoms with Crippen LogP contribution in [0.15, 0.2) is 54.6 Å². The summed E-state index contributed by atoms with van der Waals surface area (Å²) in [7, 11) is 3.58.